The highest BCUT2D eigenvalue weighted by Crippen LogP contribution is 2.26. The molecule has 0 aromatic carbocycles. The van der Waals surface area contributed by atoms with Crippen LogP contribution in [0.25, 0.3) is 0 Å². The van der Waals surface area contributed by atoms with Gasteiger partial charge in [0.2, 0.25) is 0 Å². The van der Waals surface area contributed by atoms with Crippen molar-refractivity contribution >= 4 is 0 Å². The predicted molar refractivity (Wildman–Crippen MR) is 58.3 cm³/mol. The van der Waals surface area contributed by atoms with Crippen molar-refractivity contribution in [3.63, 3.8) is 0 Å². The molecule has 3 atom stereocenters. The number of ether oxygens (including phenoxy) is 1. The Balaban J connectivity index is 1.72. The molecule has 2 aliphatic heterocycles. The van der Waals surface area contributed by atoms with Crippen molar-refractivity contribution in [2.45, 2.75) is 45.1 Å². The van der Waals surface area contributed by atoms with Crippen molar-refractivity contribution in [3.05, 3.63) is 0 Å². The molecule has 1 unspecified atom stereocenters. The van der Waals surface area contributed by atoms with Crippen LogP contribution < -0.4 is 5.32 Å². The van der Waals surface area contributed by atoms with Gasteiger partial charge in [0.15, 0.2) is 0 Å². The van der Waals surface area contributed by atoms with Crippen molar-refractivity contribution in [1.82, 2.24) is 5.32 Å². The van der Waals surface area contributed by atoms with E-state index in [-0.39, 0.29) is 0 Å². The Morgan fingerprint density at radius 3 is 3.00 bits per heavy atom. The van der Waals surface area contributed by atoms with Gasteiger partial charge in [-0.3, -0.25) is 0 Å². The third-order valence-electron chi connectivity index (χ3n) is 3.62. The molecule has 0 amide bonds. The van der Waals surface area contributed by atoms with Crippen LogP contribution in [0.5, 0.6) is 0 Å². The third-order valence-corrected chi connectivity index (χ3v) is 3.62. The number of nitrogens with one attached hydrogen (secondary N) is 1. The van der Waals surface area contributed by atoms with E-state index in [0.717, 1.165) is 18.4 Å². The second kappa shape index (κ2) is 5.13. The SMILES string of the molecule is C[C@H]1CCOC(C[C@@H]2CCCNC2)C1. The van der Waals surface area contributed by atoms with Gasteiger partial charge in [0.1, 0.15) is 0 Å². The molecule has 2 saturated heterocycles. The van der Waals surface area contributed by atoms with Gasteiger partial charge in [-0.15, -0.1) is 0 Å². The minimum absolute atomic E-state index is 0.559. The van der Waals surface area contributed by atoms with Crippen molar-refractivity contribution < 1.29 is 4.74 Å². The summed E-state index contributed by atoms with van der Waals surface area (Å²) in [6.45, 7) is 5.79. The lowest BCUT2D eigenvalue weighted by atomic mass is 9.88. The van der Waals surface area contributed by atoms with Crippen LogP contribution >= 0.6 is 0 Å². The summed E-state index contributed by atoms with van der Waals surface area (Å²) in [4.78, 5) is 0. The predicted octanol–water partition coefficient (Wildman–Crippen LogP) is 2.19. The standard InChI is InChI=1S/C12H23NO/c1-10-4-6-14-12(7-10)8-11-3-2-5-13-9-11/h10-13H,2-9H2,1H3/t10-,11-,12?/m0/s1. The van der Waals surface area contributed by atoms with Gasteiger partial charge in [0, 0.05) is 6.61 Å². The number of hydrogen-bond donors (Lipinski definition) is 1. The van der Waals surface area contributed by atoms with Gasteiger partial charge in [-0.2, -0.15) is 0 Å². The van der Waals surface area contributed by atoms with Crippen LogP contribution in [0.4, 0.5) is 0 Å². The molecule has 2 rings (SSSR count). The normalized spacial score (nSPS) is 39.6. The van der Waals surface area contributed by atoms with Crippen LogP contribution in [0.15, 0.2) is 0 Å². The molecule has 0 radical (unpaired) electrons. The second-order valence-corrected chi connectivity index (χ2v) is 5.07. The van der Waals surface area contributed by atoms with Crippen molar-refractivity contribution in [2.24, 2.45) is 11.8 Å². The van der Waals surface area contributed by atoms with Crippen LogP contribution in [-0.4, -0.2) is 25.8 Å². The van der Waals surface area contributed by atoms with Crippen molar-refractivity contribution in [3.8, 4) is 0 Å². The van der Waals surface area contributed by atoms with E-state index < -0.39 is 0 Å². The molecular formula is C12H23NO. The molecule has 2 nitrogen and oxygen atoms in total. The third kappa shape index (κ3) is 2.96. The molecule has 0 bridgehead atoms. The first-order valence-corrected chi connectivity index (χ1v) is 6.17. The monoisotopic (exact) mass is 197 g/mol. The van der Waals surface area contributed by atoms with E-state index in [9.17, 15) is 0 Å². The average molecular weight is 197 g/mol. The molecule has 0 spiro atoms. The highest BCUT2D eigenvalue weighted by atomic mass is 16.5. The molecule has 0 aromatic heterocycles. The Labute approximate surface area is 87.4 Å². The van der Waals surface area contributed by atoms with Gasteiger partial charge in [0.25, 0.3) is 0 Å². The van der Waals surface area contributed by atoms with Gasteiger partial charge < -0.3 is 10.1 Å². The first kappa shape index (κ1) is 10.4. The number of rotatable bonds is 2. The molecule has 1 N–H and O–H groups in total. The summed E-state index contributed by atoms with van der Waals surface area (Å²) < 4.78 is 5.82. The summed E-state index contributed by atoms with van der Waals surface area (Å²) in [5, 5.41) is 3.48. The Morgan fingerprint density at radius 1 is 1.36 bits per heavy atom. The lowest BCUT2D eigenvalue weighted by Gasteiger charge is -2.31. The minimum Gasteiger partial charge on any atom is -0.378 e. The molecule has 0 saturated carbocycles. The summed E-state index contributed by atoms with van der Waals surface area (Å²) in [7, 11) is 0. The fourth-order valence-corrected chi connectivity index (χ4v) is 2.73. The zero-order chi connectivity index (χ0) is 9.80. The van der Waals surface area contributed by atoms with Gasteiger partial charge in [0.05, 0.1) is 6.10 Å². The van der Waals surface area contributed by atoms with Crippen LogP contribution in [-0.2, 0) is 4.74 Å². The average Bonchev–Trinajstić information content (AvgIpc) is 2.19. The van der Waals surface area contributed by atoms with E-state index >= 15 is 0 Å². The Bertz CT molecular complexity index is 166. The van der Waals surface area contributed by atoms with Crippen LogP contribution in [0.2, 0.25) is 0 Å². The molecule has 2 fully saturated rings. The van der Waals surface area contributed by atoms with E-state index in [1.807, 2.05) is 0 Å². The summed E-state index contributed by atoms with van der Waals surface area (Å²) in [6.07, 6.45) is 7.16. The molecule has 82 valence electrons. The second-order valence-electron chi connectivity index (χ2n) is 5.07. The molecule has 2 aliphatic rings. The van der Waals surface area contributed by atoms with Gasteiger partial charge in [-0.05, 0) is 57.0 Å². The zero-order valence-corrected chi connectivity index (χ0v) is 9.30. The van der Waals surface area contributed by atoms with Crippen molar-refractivity contribution in [1.29, 1.82) is 0 Å². The van der Waals surface area contributed by atoms with Gasteiger partial charge in [-0.25, -0.2) is 0 Å². The summed E-state index contributed by atoms with van der Waals surface area (Å²) in [5.74, 6) is 1.75. The summed E-state index contributed by atoms with van der Waals surface area (Å²) in [5.41, 5.74) is 0. The molecule has 2 heterocycles. The maximum absolute atomic E-state index is 5.82. The maximum Gasteiger partial charge on any atom is 0.0580 e. The Morgan fingerprint density at radius 2 is 2.29 bits per heavy atom. The lowest BCUT2D eigenvalue weighted by molar-refractivity contribution is -0.0196. The molecular weight excluding hydrogens is 174 g/mol. The number of hydrogen-bond acceptors (Lipinski definition) is 2. The molecule has 0 aliphatic carbocycles. The lowest BCUT2D eigenvalue weighted by Crippen LogP contribution is -2.34. The number of piperidine rings is 1. The largest absolute Gasteiger partial charge is 0.378 e. The minimum atomic E-state index is 0.559. The summed E-state index contributed by atoms with van der Waals surface area (Å²) >= 11 is 0. The highest BCUT2D eigenvalue weighted by Gasteiger charge is 2.23. The van der Waals surface area contributed by atoms with Crippen molar-refractivity contribution in [2.75, 3.05) is 19.7 Å². The zero-order valence-electron chi connectivity index (χ0n) is 9.30. The Kier molecular flexibility index (Phi) is 3.82. The van der Waals surface area contributed by atoms with Crippen LogP contribution in [0.3, 0.4) is 0 Å². The van der Waals surface area contributed by atoms with E-state index in [1.54, 1.807) is 0 Å². The first-order chi connectivity index (χ1) is 6.84. The Hall–Kier alpha value is -0.0800. The van der Waals surface area contributed by atoms with E-state index in [4.69, 9.17) is 4.74 Å². The molecule has 0 aromatic rings. The topological polar surface area (TPSA) is 21.3 Å². The fourth-order valence-electron chi connectivity index (χ4n) is 2.73. The smallest absolute Gasteiger partial charge is 0.0580 e. The first-order valence-electron chi connectivity index (χ1n) is 6.17. The van der Waals surface area contributed by atoms with E-state index in [0.29, 0.717) is 6.10 Å². The van der Waals surface area contributed by atoms with Gasteiger partial charge >= 0.3 is 0 Å². The maximum atomic E-state index is 5.82. The quantitative estimate of drug-likeness (QED) is 0.732. The van der Waals surface area contributed by atoms with E-state index in [1.165, 1.54) is 45.2 Å². The van der Waals surface area contributed by atoms with Crippen LogP contribution in [0.1, 0.15) is 39.0 Å². The van der Waals surface area contributed by atoms with Crippen LogP contribution in [0, 0.1) is 11.8 Å². The van der Waals surface area contributed by atoms with E-state index in [2.05, 4.69) is 12.2 Å². The molecule has 14 heavy (non-hydrogen) atoms. The highest BCUT2D eigenvalue weighted by molar-refractivity contribution is 4.76. The fraction of sp³-hybridized carbons (Fsp3) is 1.00. The summed E-state index contributed by atoms with van der Waals surface area (Å²) in [6, 6.07) is 0. The van der Waals surface area contributed by atoms with Gasteiger partial charge in [-0.1, -0.05) is 6.92 Å². The molecule has 2 heteroatoms.